The normalized spacial score (nSPS) is 23.7. The minimum Gasteiger partial charge on any atom is -0.456 e. The van der Waals surface area contributed by atoms with Crippen molar-refractivity contribution in [3.8, 4) is 17.4 Å². The van der Waals surface area contributed by atoms with Crippen LogP contribution in [0.5, 0.6) is 0 Å². The molecule has 2 aromatic carbocycles. The first-order valence-electron chi connectivity index (χ1n) is 13.3. The van der Waals surface area contributed by atoms with Gasteiger partial charge in [0.25, 0.3) is 10.0 Å². The van der Waals surface area contributed by atoms with Crippen LogP contribution in [0.2, 0.25) is 0 Å². The fourth-order valence-corrected chi connectivity index (χ4v) is 6.45. The van der Waals surface area contributed by atoms with Gasteiger partial charge in [-0.3, -0.25) is 0 Å². The summed E-state index contributed by atoms with van der Waals surface area (Å²) in [7, 11) is -4.56. The summed E-state index contributed by atoms with van der Waals surface area (Å²) in [5.74, 6) is 0.629. The number of nitrogens with one attached hydrogen (secondary N) is 1. The third kappa shape index (κ3) is 6.17. The van der Waals surface area contributed by atoms with Crippen molar-refractivity contribution in [2.45, 2.75) is 51.2 Å². The van der Waals surface area contributed by atoms with Gasteiger partial charge in [0.2, 0.25) is 0 Å². The van der Waals surface area contributed by atoms with E-state index in [2.05, 4.69) is 35.6 Å². The van der Waals surface area contributed by atoms with Crippen molar-refractivity contribution in [2.75, 3.05) is 31.2 Å². The Morgan fingerprint density at radius 3 is 2.27 bits per heavy atom. The largest absolute Gasteiger partial charge is 0.456 e. The van der Waals surface area contributed by atoms with E-state index in [0.29, 0.717) is 5.76 Å². The molecule has 1 aliphatic heterocycles. The highest BCUT2D eigenvalue weighted by Gasteiger charge is 2.46. The maximum atomic E-state index is 13.2. The molecule has 0 aliphatic carbocycles. The second kappa shape index (κ2) is 12.7. The van der Waals surface area contributed by atoms with E-state index in [4.69, 9.17) is 9.15 Å². The number of hydrogen-bond donors (Lipinski definition) is 5. The number of fused-ring (bicyclic) bond motifs is 1. The number of anilines is 1. The van der Waals surface area contributed by atoms with Gasteiger partial charge in [-0.2, -0.15) is 5.26 Å². The minimum absolute atomic E-state index is 0.0245. The molecule has 0 amide bonds. The first-order chi connectivity index (χ1) is 19.6. The molecule has 1 saturated heterocycles. The number of aliphatic hydroxyl groups is 4. The molecule has 0 saturated carbocycles. The SMILES string of the molecule is CCN(CC)c1ccc2cc(-c3ccc(/C(C)=C(\C#N)S(=O)(=O)NC4C(CO)O[C@H](CO)[C@@H](O)[C@@H]4O)o3)ccc2c1. The topological polar surface area (TPSA) is 176 Å². The first kappa shape index (κ1) is 30.7. The Balaban J connectivity index is 1.61. The second-order valence-corrected chi connectivity index (χ2v) is 11.5. The summed E-state index contributed by atoms with van der Waals surface area (Å²) in [4.78, 5) is 1.60. The van der Waals surface area contributed by atoms with E-state index >= 15 is 0 Å². The molecule has 3 aromatic rings. The van der Waals surface area contributed by atoms with Gasteiger partial charge in [-0.25, -0.2) is 13.1 Å². The van der Waals surface area contributed by atoms with Crippen molar-refractivity contribution < 1.29 is 38.0 Å². The van der Waals surface area contributed by atoms with Crippen molar-refractivity contribution in [1.29, 1.82) is 5.26 Å². The van der Waals surface area contributed by atoms with Crippen LogP contribution in [0.15, 0.2) is 57.9 Å². The average molecular weight is 586 g/mol. The van der Waals surface area contributed by atoms with E-state index in [1.165, 1.54) is 6.92 Å². The predicted octanol–water partition coefficient (Wildman–Crippen LogP) is 1.96. The monoisotopic (exact) mass is 585 g/mol. The van der Waals surface area contributed by atoms with Gasteiger partial charge in [-0.1, -0.05) is 18.2 Å². The molecule has 5 atom stereocenters. The van der Waals surface area contributed by atoms with Crippen LogP contribution in [-0.2, 0) is 14.8 Å². The van der Waals surface area contributed by atoms with Crippen LogP contribution in [-0.4, -0.2) is 85.6 Å². The number of rotatable bonds is 10. The molecule has 0 bridgehead atoms. The number of ether oxygens (including phenoxy) is 1. The standard InChI is InChI=1S/C29H35N3O8S/c1-4-32(5-2)21-9-8-18-12-20(7-6-19(18)13-21)23-11-10-22(39-23)17(3)26(14-30)41(37,38)31-27-24(15-33)40-25(16-34)28(35)29(27)36/h6-13,24-25,27-29,31,33-36H,4-5,15-16H2,1-3H3/b26-17+/t24?,25-,27?,28-,29-/m1/s1. The summed E-state index contributed by atoms with van der Waals surface area (Å²) in [5, 5.41) is 51.5. The minimum atomic E-state index is -4.56. The summed E-state index contributed by atoms with van der Waals surface area (Å²) in [5.41, 5.74) is 1.93. The lowest BCUT2D eigenvalue weighted by molar-refractivity contribution is -0.198. The van der Waals surface area contributed by atoms with Crippen molar-refractivity contribution in [2.24, 2.45) is 0 Å². The van der Waals surface area contributed by atoms with Crippen molar-refractivity contribution in [3.63, 3.8) is 0 Å². The maximum absolute atomic E-state index is 13.2. The first-order valence-corrected chi connectivity index (χ1v) is 14.8. The van der Waals surface area contributed by atoms with Crippen LogP contribution in [0.4, 0.5) is 5.69 Å². The zero-order valence-corrected chi connectivity index (χ0v) is 23.9. The molecular formula is C29H35N3O8S. The maximum Gasteiger partial charge on any atom is 0.251 e. The molecule has 4 rings (SSSR count). The molecular weight excluding hydrogens is 550 g/mol. The van der Waals surface area contributed by atoms with E-state index in [-0.39, 0.29) is 11.3 Å². The molecule has 2 heterocycles. The summed E-state index contributed by atoms with van der Waals surface area (Å²) in [6.07, 6.45) is -5.81. The van der Waals surface area contributed by atoms with Crippen molar-refractivity contribution in [1.82, 2.24) is 4.72 Å². The van der Waals surface area contributed by atoms with E-state index < -0.39 is 58.6 Å². The summed E-state index contributed by atoms with van der Waals surface area (Å²) < 4.78 is 39.9. The molecule has 12 heteroatoms. The number of hydrogen-bond acceptors (Lipinski definition) is 10. The molecule has 2 unspecified atom stereocenters. The molecule has 41 heavy (non-hydrogen) atoms. The Hall–Kier alpha value is -3.28. The van der Waals surface area contributed by atoms with Gasteiger partial charge < -0.3 is 34.5 Å². The van der Waals surface area contributed by atoms with Crippen LogP contribution in [0.3, 0.4) is 0 Å². The third-order valence-electron chi connectivity index (χ3n) is 7.42. The highest BCUT2D eigenvalue weighted by Crippen LogP contribution is 2.32. The number of nitrogens with zero attached hydrogens (tertiary/aromatic N) is 2. The van der Waals surface area contributed by atoms with E-state index in [1.54, 1.807) is 18.2 Å². The van der Waals surface area contributed by atoms with E-state index in [1.807, 2.05) is 24.3 Å². The summed E-state index contributed by atoms with van der Waals surface area (Å²) in [6.45, 7) is 6.09. The van der Waals surface area contributed by atoms with Crippen LogP contribution in [0.1, 0.15) is 26.5 Å². The van der Waals surface area contributed by atoms with Gasteiger partial charge in [0.05, 0.1) is 19.3 Å². The van der Waals surface area contributed by atoms with Crippen LogP contribution >= 0.6 is 0 Å². The van der Waals surface area contributed by atoms with Crippen LogP contribution < -0.4 is 9.62 Å². The lowest BCUT2D eigenvalue weighted by Crippen LogP contribution is -2.65. The fourth-order valence-electron chi connectivity index (χ4n) is 5.06. The Labute approximate surface area is 238 Å². The summed E-state index contributed by atoms with van der Waals surface area (Å²) >= 11 is 0. The molecule has 1 aromatic heterocycles. The van der Waals surface area contributed by atoms with Gasteiger partial charge in [-0.05, 0) is 61.9 Å². The molecule has 0 radical (unpaired) electrons. The van der Waals surface area contributed by atoms with Gasteiger partial charge in [-0.15, -0.1) is 0 Å². The lowest BCUT2D eigenvalue weighted by atomic mass is 9.94. The van der Waals surface area contributed by atoms with Crippen molar-refractivity contribution in [3.05, 3.63) is 59.2 Å². The second-order valence-electron chi connectivity index (χ2n) is 9.85. The van der Waals surface area contributed by atoms with Crippen LogP contribution in [0.25, 0.3) is 27.7 Å². The van der Waals surface area contributed by atoms with Gasteiger partial charge >= 0.3 is 0 Å². The zero-order chi connectivity index (χ0) is 29.9. The van der Waals surface area contributed by atoms with Gasteiger partial charge in [0, 0.05) is 29.9 Å². The van der Waals surface area contributed by atoms with Gasteiger partial charge in [0.15, 0.2) is 4.91 Å². The highest BCUT2D eigenvalue weighted by molar-refractivity contribution is 7.93. The van der Waals surface area contributed by atoms with E-state index in [0.717, 1.165) is 35.1 Å². The third-order valence-corrected chi connectivity index (χ3v) is 8.94. The highest BCUT2D eigenvalue weighted by atomic mass is 32.2. The fraction of sp³-hybridized carbons (Fsp3) is 0.414. The average Bonchev–Trinajstić information content (AvgIpc) is 3.47. The number of furan rings is 1. The zero-order valence-electron chi connectivity index (χ0n) is 23.1. The quantitative estimate of drug-likeness (QED) is 0.221. The molecule has 220 valence electrons. The molecule has 11 nitrogen and oxygen atoms in total. The molecule has 1 aliphatic rings. The number of benzene rings is 2. The van der Waals surface area contributed by atoms with E-state index in [9.17, 15) is 34.1 Å². The number of aliphatic hydroxyl groups excluding tert-OH is 4. The smallest absolute Gasteiger partial charge is 0.251 e. The molecule has 1 fully saturated rings. The Morgan fingerprint density at radius 2 is 1.63 bits per heavy atom. The number of sulfonamides is 1. The van der Waals surface area contributed by atoms with Crippen LogP contribution in [0, 0.1) is 11.3 Å². The number of allylic oxidation sites excluding steroid dienone is 2. The number of nitriles is 1. The molecule has 0 spiro atoms. The summed E-state index contributed by atoms with van der Waals surface area (Å²) in [6, 6.07) is 15.5. The Bertz CT molecular complexity index is 1560. The lowest BCUT2D eigenvalue weighted by Gasteiger charge is -2.41. The Morgan fingerprint density at radius 1 is 0.976 bits per heavy atom. The van der Waals surface area contributed by atoms with Crippen molar-refractivity contribution >= 4 is 32.1 Å². The Kier molecular flexibility index (Phi) is 9.51. The predicted molar refractivity (Wildman–Crippen MR) is 154 cm³/mol. The molecule has 5 N–H and O–H groups in total. The van der Waals surface area contributed by atoms with Gasteiger partial charge in [0.1, 0.15) is 42.0 Å².